The average Bonchev–Trinajstić information content (AvgIpc) is 3.01. The molecule has 6 heteroatoms. The van der Waals surface area contributed by atoms with Gasteiger partial charge in [0.2, 0.25) is 0 Å². The third kappa shape index (κ3) is 7.64. The van der Waals surface area contributed by atoms with E-state index in [4.69, 9.17) is 30.9 Å². The van der Waals surface area contributed by atoms with Gasteiger partial charge in [0, 0.05) is 24.1 Å². The molecule has 33 heavy (non-hydrogen) atoms. The third-order valence-electron chi connectivity index (χ3n) is 5.23. The fourth-order valence-corrected chi connectivity index (χ4v) is 3.84. The number of hydrogen-bond donors (Lipinski definition) is 0. The van der Waals surface area contributed by atoms with E-state index in [1.165, 1.54) is 0 Å². The molecule has 1 aromatic heterocycles. The standard InChI is InChI=1S/C27H35ClN2O3/c1-20(2)17-32-24-12-8-6-10-21(14-24)26-15-23(18-33-27(3,4)19-31-5)29-30(26)16-22-11-7-9-13-25(22)28/h10-11,13-15,20H,6-7,9,16-19H2,1-5H3. The molecule has 0 aromatic carbocycles. The van der Waals surface area contributed by atoms with Crippen molar-refractivity contribution in [2.45, 2.75) is 65.7 Å². The Morgan fingerprint density at radius 2 is 2.00 bits per heavy atom. The zero-order valence-electron chi connectivity index (χ0n) is 20.4. The van der Waals surface area contributed by atoms with Crippen LogP contribution in [0.25, 0.3) is 5.57 Å². The van der Waals surface area contributed by atoms with E-state index in [9.17, 15) is 0 Å². The number of halogens is 1. The van der Waals surface area contributed by atoms with Crippen molar-refractivity contribution in [3.63, 3.8) is 0 Å². The van der Waals surface area contributed by atoms with Crippen LogP contribution in [0.4, 0.5) is 0 Å². The molecule has 0 bridgehead atoms. The monoisotopic (exact) mass is 470 g/mol. The van der Waals surface area contributed by atoms with Crippen molar-refractivity contribution < 1.29 is 14.2 Å². The van der Waals surface area contributed by atoms with Crippen molar-refractivity contribution in [2.75, 3.05) is 20.3 Å². The number of rotatable bonds is 11. The highest BCUT2D eigenvalue weighted by Crippen LogP contribution is 2.28. The number of hydrogen-bond acceptors (Lipinski definition) is 4. The summed E-state index contributed by atoms with van der Waals surface area (Å²) in [5.41, 5.74) is 3.56. The lowest BCUT2D eigenvalue weighted by Gasteiger charge is -2.23. The smallest absolute Gasteiger partial charge is 0.170 e. The molecule has 0 N–H and O–H groups in total. The fraction of sp³-hybridized carbons (Fsp3) is 0.519. The second-order valence-electron chi connectivity index (χ2n) is 9.40. The van der Waals surface area contributed by atoms with E-state index in [1.54, 1.807) is 7.11 Å². The zero-order valence-corrected chi connectivity index (χ0v) is 21.2. The Morgan fingerprint density at radius 1 is 1.21 bits per heavy atom. The van der Waals surface area contributed by atoms with E-state index in [1.807, 2.05) is 24.6 Å². The molecule has 0 saturated heterocycles. The molecule has 0 radical (unpaired) electrons. The Labute approximate surface area is 203 Å². The Hall–Kier alpha value is -2.26. The number of ether oxygens (including phenoxy) is 3. The number of allylic oxidation sites excluding steroid dienone is 8. The first-order chi connectivity index (χ1) is 15.8. The maximum atomic E-state index is 6.50. The van der Waals surface area contributed by atoms with Gasteiger partial charge in [-0.3, -0.25) is 4.68 Å². The molecule has 0 aliphatic heterocycles. The van der Waals surface area contributed by atoms with E-state index in [0.29, 0.717) is 44.5 Å². The van der Waals surface area contributed by atoms with Crippen LogP contribution in [0.3, 0.4) is 0 Å². The molecule has 0 saturated carbocycles. The first kappa shape index (κ1) is 25.4. The summed E-state index contributed by atoms with van der Waals surface area (Å²) < 4.78 is 19.3. The van der Waals surface area contributed by atoms with Gasteiger partial charge < -0.3 is 14.2 Å². The molecule has 1 heterocycles. The van der Waals surface area contributed by atoms with Crippen molar-refractivity contribution in [1.82, 2.24) is 9.78 Å². The maximum Gasteiger partial charge on any atom is 0.170 e. The zero-order chi connectivity index (χ0) is 23.8. The molecule has 2 aliphatic carbocycles. The van der Waals surface area contributed by atoms with Crippen molar-refractivity contribution >= 4 is 17.2 Å². The summed E-state index contributed by atoms with van der Waals surface area (Å²) in [6.45, 7) is 10.4. The molecule has 0 unspecified atom stereocenters. The molecular weight excluding hydrogens is 436 g/mol. The fourth-order valence-electron chi connectivity index (χ4n) is 3.60. The predicted molar refractivity (Wildman–Crippen MR) is 133 cm³/mol. The highest BCUT2D eigenvalue weighted by Gasteiger charge is 2.21. The molecule has 5 nitrogen and oxygen atoms in total. The van der Waals surface area contributed by atoms with Gasteiger partial charge in [-0.2, -0.15) is 5.10 Å². The Bertz CT molecular complexity index is 1020. The normalized spacial score (nSPS) is 16.3. The van der Waals surface area contributed by atoms with Gasteiger partial charge in [0.05, 0.1) is 43.4 Å². The quantitative estimate of drug-likeness (QED) is 0.371. The van der Waals surface area contributed by atoms with E-state index < -0.39 is 5.60 Å². The van der Waals surface area contributed by atoms with Crippen LogP contribution in [-0.2, 0) is 27.4 Å². The average molecular weight is 471 g/mol. The number of methoxy groups -OCH3 is 1. The minimum absolute atomic E-state index is 0.392. The summed E-state index contributed by atoms with van der Waals surface area (Å²) >= 11 is 6.50. The van der Waals surface area contributed by atoms with Gasteiger partial charge in [-0.25, -0.2) is 0 Å². The van der Waals surface area contributed by atoms with Gasteiger partial charge in [-0.1, -0.05) is 49.6 Å². The van der Waals surface area contributed by atoms with E-state index >= 15 is 0 Å². The maximum absolute atomic E-state index is 6.50. The molecule has 2 aliphatic rings. The Balaban J connectivity index is 1.90. The molecule has 0 atom stereocenters. The van der Waals surface area contributed by atoms with Crippen LogP contribution in [0.5, 0.6) is 0 Å². The largest absolute Gasteiger partial charge is 0.485 e. The number of nitrogens with zero attached hydrogens (tertiary/aromatic N) is 2. The van der Waals surface area contributed by atoms with Crippen molar-refractivity contribution in [3.8, 4) is 11.8 Å². The first-order valence-corrected chi connectivity index (χ1v) is 11.9. The van der Waals surface area contributed by atoms with Gasteiger partial charge in [0.15, 0.2) is 5.76 Å². The third-order valence-corrected chi connectivity index (χ3v) is 5.63. The molecular formula is C27H35ClN2O3. The predicted octanol–water partition coefficient (Wildman–Crippen LogP) is 6.01. The van der Waals surface area contributed by atoms with Crippen LogP contribution in [0.1, 0.15) is 58.3 Å². The SMILES string of the molecule is COCC(C)(C)OCc1cc(C2=CCC#CC(OCC(C)C)=C2)n(CC2=CCCC=C2Cl)n1. The molecule has 0 fully saturated rings. The van der Waals surface area contributed by atoms with Crippen LogP contribution in [0.15, 0.2) is 46.7 Å². The van der Waals surface area contributed by atoms with E-state index in [-0.39, 0.29) is 0 Å². The summed E-state index contributed by atoms with van der Waals surface area (Å²) in [5, 5.41) is 5.68. The lowest BCUT2D eigenvalue weighted by molar-refractivity contribution is -0.0747. The first-order valence-electron chi connectivity index (χ1n) is 11.6. The van der Waals surface area contributed by atoms with Crippen LogP contribution in [0, 0.1) is 17.8 Å². The second-order valence-corrected chi connectivity index (χ2v) is 9.80. The summed E-state index contributed by atoms with van der Waals surface area (Å²) in [7, 11) is 1.68. The van der Waals surface area contributed by atoms with Gasteiger partial charge in [0.25, 0.3) is 0 Å². The van der Waals surface area contributed by atoms with Gasteiger partial charge >= 0.3 is 0 Å². The molecule has 178 valence electrons. The van der Waals surface area contributed by atoms with E-state index in [0.717, 1.165) is 40.4 Å². The van der Waals surface area contributed by atoms with Crippen LogP contribution < -0.4 is 0 Å². The van der Waals surface area contributed by atoms with Crippen LogP contribution in [0.2, 0.25) is 0 Å². The summed E-state index contributed by atoms with van der Waals surface area (Å²) in [5.74, 6) is 7.42. The highest BCUT2D eigenvalue weighted by atomic mass is 35.5. The molecule has 0 spiro atoms. The summed E-state index contributed by atoms with van der Waals surface area (Å²) in [6.07, 6.45) is 11.0. The Kier molecular flexibility index (Phi) is 9.02. The summed E-state index contributed by atoms with van der Waals surface area (Å²) in [6, 6.07) is 2.08. The minimum atomic E-state index is -0.399. The van der Waals surface area contributed by atoms with Crippen LogP contribution in [-0.4, -0.2) is 35.7 Å². The van der Waals surface area contributed by atoms with Crippen molar-refractivity contribution in [3.05, 3.63) is 58.1 Å². The van der Waals surface area contributed by atoms with E-state index in [2.05, 4.69) is 50.0 Å². The minimum Gasteiger partial charge on any atom is -0.485 e. The highest BCUT2D eigenvalue weighted by molar-refractivity contribution is 6.32. The lowest BCUT2D eigenvalue weighted by Crippen LogP contribution is -2.30. The molecule has 3 rings (SSSR count). The molecule has 1 aromatic rings. The van der Waals surface area contributed by atoms with Gasteiger partial charge in [-0.05, 0) is 56.2 Å². The topological polar surface area (TPSA) is 45.5 Å². The lowest BCUT2D eigenvalue weighted by atomic mass is 10.1. The molecule has 0 amide bonds. The Morgan fingerprint density at radius 3 is 2.73 bits per heavy atom. The van der Waals surface area contributed by atoms with Crippen molar-refractivity contribution in [2.24, 2.45) is 5.92 Å². The van der Waals surface area contributed by atoms with Crippen molar-refractivity contribution in [1.29, 1.82) is 0 Å². The second kappa shape index (κ2) is 11.7. The summed E-state index contributed by atoms with van der Waals surface area (Å²) in [4.78, 5) is 0. The van der Waals surface area contributed by atoms with Crippen LogP contribution >= 0.6 is 11.6 Å². The number of aromatic nitrogens is 2. The van der Waals surface area contributed by atoms with Gasteiger partial charge in [0.1, 0.15) is 0 Å². The van der Waals surface area contributed by atoms with Gasteiger partial charge in [-0.15, -0.1) is 0 Å².